The molecule has 2 aromatic rings. The molecule has 0 spiro atoms. The van der Waals surface area contributed by atoms with Crippen molar-refractivity contribution in [1.29, 1.82) is 0 Å². The van der Waals surface area contributed by atoms with Crippen LogP contribution in [0, 0.1) is 0 Å². The number of anilines is 1. The average molecular weight is 418 g/mol. The van der Waals surface area contributed by atoms with Gasteiger partial charge in [-0.05, 0) is 30.2 Å². The molecule has 0 bridgehead atoms. The predicted octanol–water partition coefficient (Wildman–Crippen LogP) is 3.02. The van der Waals surface area contributed by atoms with Crippen LogP contribution in [-0.2, 0) is 14.8 Å². The number of sulfonamides is 1. The van der Waals surface area contributed by atoms with Gasteiger partial charge in [0, 0.05) is 31.2 Å². The van der Waals surface area contributed by atoms with Crippen LogP contribution in [0.15, 0.2) is 59.5 Å². The zero-order chi connectivity index (χ0) is 20.7. The monoisotopic (exact) mass is 417 g/mol. The Bertz CT molecular complexity index is 913. The number of carbonyl (C=O) groups is 1. The first-order chi connectivity index (χ1) is 14.0. The van der Waals surface area contributed by atoms with E-state index in [1.54, 1.807) is 12.1 Å². The van der Waals surface area contributed by atoms with Crippen molar-refractivity contribution in [1.82, 2.24) is 9.62 Å². The van der Waals surface area contributed by atoms with Crippen LogP contribution in [0.2, 0.25) is 0 Å². The second kappa shape index (κ2) is 9.87. The van der Waals surface area contributed by atoms with E-state index < -0.39 is 10.0 Å². The molecule has 156 valence electrons. The van der Waals surface area contributed by atoms with Gasteiger partial charge in [-0.2, -0.15) is 4.31 Å². The summed E-state index contributed by atoms with van der Waals surface area (Å²) in [4.78, 5) is 12.5. The zero-order valence-electron chi connectivity index (χ0n) is 16.5. The maximum Gasteiger partial charge on any atom is 0.319 e. The molecule has 1 aliphatic rings. The first-order valence-electron chi connectivity index (χ1n) is 9.78. The summed E-state index contributed by atoms with van der Waals surface area (Å²) in [6.07, 6.45) is 0.900. The third kappa shape index (κ3) is 5.56. The molecule has 0 unspecified atom stereocenters. The molecule has 7 nitrogen and oxygen atoms in total. The number of benzene rings is 2. The Labute approximate surface area is 172 Å². The van der Waals surface area contributed by atoms with Crippen LogP contribution in [0.1, 0.15) is 24.8 Å². The third-order valence-corrected chi connectivity index (χ3v) is 6.87. The molecule has 0 aliphatic carbocycles. The molecule has 0 saturated carbocycles. The van der Waals surface area contributed by atoms with Crippen LogP contribution >= 0.6 is 0 Å². The predicted molar refractivity (Wildman–Crippen MR) is 113 cm³/mol. The van der Waals surface area contributed by atoms with Crippen molar-refractivity contribution in [3.8, 4) is 0 Å². The molecule has 0 radical (unpaired) electrons. The SMILES string of the molecule is CC[C@@H](CNC(=O)Nc1cccc(S(=O)(=O)N2CCOCC2)c1)c1ccccc1. The Kier molecular flexibility index (Phi) is 7.24. The molecule has 2 amide bonds. The van der Waals surface area contributed by atoms with E-state index in [9.17, 15) is 13.2 Å². The molecule has 0 aromatic heterocycles. The first kappa shape index (κ1) is 21.3. The minimum absolute atomic E-state index is 0.160. The summed E-state index contributed by atoms with van der Waals surface area (Å²) < 4.78 is 32.2. The maximum absolute atomic E-state index is 12.8. The van der Waals surface area contributed by atoms with Crippen molar-refractivity contribution in [2.75, 3.05) is 38.2 Å². The Morgan fingerprint density at radius 1 is 1.10 bits per heavy atom. The highest BCUT2D eigenvalue weighted by atomic mass is 32.2. The van der Waals surface area contributed by atoms with Crippen molar-refractivity contribution in [3.63, 3.8) is 0 Å². The number of nitrogens with one attached hydrogen (secondary N) is 2. The lowest BCUT2D eigenvalue weighted by molar-refractivity contribution is 0.0730. The van der Waals surface area contributed by atoms with Crippen LogP contribution in [0.5, 0.6) is 0 Å². The lowest BCUT2D eigenvalue weighted by atomic mass is 9.97. The van der Waals surface area contributed by atoms with Crippen molar-refractivity contribution in [2.45, 2.75) is 24.2 Å². The molecule has 1 saturated heterocycles. The Morgan fingerprint density at radius 3 is 2.52 bits per heavy atom. The maximum atomic E-state index is 12.8. The number of amides is 2. The number of hydrogen-bond acceptors (Lipinski definition) is 4. The fourth-order valence-corrected chi connectivity index (χ4v) is 4.74. The summed E-state index contributed by atoms with van der Waals surface area (Å²) in [5.41, 5.74) is 1.61. The minimum Gasteiger partial charge on any atom is -0.379 e. The van der Waals surface area contributed by atoms with Crippen molar-refractivity contribution in [2.24, 2.45) is 0 Å². The number of urea groups is 1. The van der Waals surface area contributed by atoms with E-state index in [4.69, 9.17) is 4.74 Å². The second-order valence-corrected chi connectivity index (χ2v) is 8.83. The van der Waals surface area contributed by atoms with Crippen LogP contribution in [-0.4, -0.2) is 51.6 Å². The van der Waals surface area contributed by atoms with Gasteiger partial charge in [-0.3, -0.25) is 0 Å². The highest BCUT2D eigenvalue weighted by Gasteiger charge is 2.26. The molecule has 1 atom stereocenters. The fraction of sp³-hybridized carbons (Fsp3) is 0.381. The molecule has 1 fully saturated rings. The van der Waals surface area contributed by atoms with Gasteiger partial charge in [0.25, 0.3) is 0 Å². The molecule has 1 heterocycles. The zero-order valence-corrected chi connectivity index (χ0v) is 17.3. The first-order valence-corrected chi connectivity index (χ1v) is 11.2. The molecule has 8 heteroatoms. The van der Waals surface area contributed by atoms with E-state index in [1.165, 1.54) is 22.0 Å². The lowest BCUT2D eigenvalue weighted by Crippen LogP contribution is -2.40. The Morgan fingerprint density at radius 2 is 1.83 bits per heavy atom. The highest BCUT2D eigenvalue weighted by Crippen LogP contribution is 2.21. The van der Waals surface area contributed by atoms with E-state index in [1.807, 2.05) is 30.3 Å². The Balaban J connectivity index is 1.61. The van der Waals surface area contributed by atoms with Gasteiger partial charge in [0.05, 0.1) is 18.1 Å². The van der Waals surface area contributed by atoms with Crippen LogP contribution in [0.4, 0.5) is 10.5 Å². The van der Waals surface area contributed by atoms with Gasteiger partial charge in [0.15, 0.2) is 0 Å². The largest absolute Gasteiger partial charge is 0.379 e. The molecular formula is C21H27N3O4S. The van der Waals surface area contributed by atoms with Crippen LogP contribution < -0.4 is 10.6 Å². The molecule has 1 aliphatic heterocycles. The van der Waals surface area contributed by atoms with E-state index in [0.717, 1.165) is 6.42 Å². The van der Waals surface area contributed by atoms with Gasteiger partial charge in [0.1, 0.15) is 0 Å². The summed E-state index contributed by atoms with van der Waals surface area (Å²) in [7, 11) is -3.60. The topological polar surface area (TPSA) is 87.7 Å². The van der Waals surface area contributed by atoms with Crippen molar-refractivity contribution >= 4 is 21.7 Å². The van der Waals surface area contributed by atoms with Gasteiger partial charge in [-0.15, -0.1) is 0 Å². The van der Waals surface area contributed by atoms with Crippen LogP contribution in [0.25, 0.3) is 0 Å². The standard InChI is InChI=1S/C21H27N3O4S/c1-2-17(18-7-4-3-5-8-18)16-22-21(25)23-19-9-6-10-20(15-19)29(26,27)24-11-13-28-14-12-24/h3-10,15,17H,2,11-14,16H2,1H3,(H2,22,23,25)/t17-/m0/s1. The van der Waals surface area contributed by atoms with Gasteiger partial charge < -0.3 is 15.4 Å². The van der Waals surface area contributed by atoms with E-state index in [2.05, 4.69) is 17.6 Å². The van der Waals surface area contributed by atoms with Crippen molar-refractivity contribution < 1.29 is 17.9 Å². The van der Waals surface area contributed by atoms with Gasteiger partial charge in [0.2, 0.25) is 10.0 Å². The van der Waals surface area contributed by atoms with Gasteiger partial charge in [-0.25, -0.2) is 13.2 Å². The van der Waals surface area contributed by atoms with Crippen LogP contribution in [0.3, 0.4) is 0 Å². The van der Waals surface area contributed by atoms with Gasteiger partial charge >= 0.3 is 6.03 Å². The minimum atomic E-state index is -3.60. The second-order valence-electron chi connectivity index (χ2n) is 6.90. The van der Waals surface area contributed by atoms with E-state index >= 15 is 0 Å². The summed E-state index contributed by atoms with van der Waals surface area (Å²) >= 11 is 0. The summed E-state index contributed by atoms with van der Waals surface area (Å²) in [6.45, 7) is 4.02. The smallest absolute Gasteiger partial charge is 0.319 e. The Hall–Kier alpha value is -2.42. The summed E-state index contributed by atoms with van der Waals surface area (Å²) in [5, 5.41) is 5.61. The normalized spacial score (nSPS) is 16.2. The molecule has 2 aromatic carbocycles. The lowest BCUT2D eigenvalue weighted by Gasteiger charge is -2.26. The number of morpholine rings is 1. The molecule has 3 rings (SSSR count). The van der Waals surface area contributed by atoms with Gasteiger partial charge in [-0.1, -0.05) is 43.3 Å². The average Bonchev–Trinajstić information content (AvgIpc) is 2.76. The number of carbonyl (C=O) groups excluding carboxylic acids is 1. The number of ether oxygens (including phenoxy) is 1. The summed E-state index contributed by atoms with van der Waals surface area (Å²) in [5.74, 6) is 0.218. The van der Waals surface area contributed by atoms with E-state index in [-0.39, 0.29) is 16.8 Å². The van der Waals surface area contributed by atoms with Crippen molar-refractivity contribution in [3.05, 3.63) is 60.2 Å². The number of nitrogens with zero attached hydrogens (tertiary/aromatic N) is 1. The number of rotatable bonds is 7. The number of hydrogen-bond donors (Lipinski definition) is 2. The third-order valence-electron chi connectivity index (χ3n) is 4.97. The quantitative estimate of drug-likeness (QED) is 0.725. The molecule has 29 heavy (non-hydrogen) atoms. The molecular weight excluding hydrogens is 390 g/mol. The van der Waals surface area contributed by atoms with E-state index in [0.29, 0.717) is 38.5 Å². The molecule has 2 N–H and O–H groups in total. The highest BCUT2D eigenvalue weighted by molar-refractivity contribution is 7.89. The summed E-state index contributed by atoms with van der Waals surface area (Å²) in [6, 6.07) is 16.0. The fourth-order valence-electron chi connectivity index (χ4n) is 3.28.